The second-order valence-corrected chi connectivity index (χ2v) is 12.7. The Morgan fingerprint density at radius 1 is 0.977 bits per heavy atom. The molecule has 1 heterocycles. The highest BCUT2D eigenvalue weighted by Crippen LogP contribution is 2.36. The number of carbonyl (C=O) groups is 1. The van der Waals surface area contributed by atoms with Gasteiger partial charge in [0.25, 0.3) is 0 Å². The van der Waals surface area contributed by atoms with Crippen molar-refractivity contribution in [2.24, 2.45) is 5.73 Å². The number of aromatic hydroxyl groups is 1. The first-order valence-corrected chi connectivity index (χ1v) is 15.2. The SMILES string of the molecule is C/C(N)=C(/C(=N)c1cc(C(C)C)c(OCc2ccccc2)cc1O)c1ccc(CN2CCN(C(=O)OC(C)(C)C)CC2)cc1. The quantitative estimate of drug-likeness (QED) is 0.231. The summed E-state index contributed by atoms with van der Waals surface area (Å²) >= 11 is 0. The molecule has 4 N–H and O–H groups in total. The Kier molecular flexibility index (Phi) is 10.4. The van der Waals surface area contributed by atoms with Crippen LogP contribution in [0.25, 0.3) is 5.57 Å². The maximum absolute atomic E-state index is 12.4. The molecule has 0 unspecified atom stereocenters. The molecule has 3 aromatic rings. The van der Waals surface area contributed by atoms with Crippen molar-refractivity contribution < 1.29 is 19.4 Å². The first kappa shape index (κ1) is 32.6. The number of nitrogens with zero attached hydrogens (tertiary/aromatic N) is 2. The molecule has 1 fully saturated rings. The van der Waals surface area contributed by atoms with Crippen LogP contribution < -0.4 is 10.5 Å². The van der Waals surface area contributed by atoms with Crippen molar-refractivity contribution >= 4 is 17.4 Å². The lowest BCUT2D eigenvalue weighted by molar-refractivity contribution is 0.0139. The first-order chi connectivity index (χ1) is 20.8. The smallest absolute Gasteiger partial charge is 0.410 e. The van der Waals surface area contributed by atoms with Gasteiger partial charge in [-0.1, -0.05) is 68.4 Å². The van der Waals surface area contributed by atoms with Gasteiger partial charge in [0.2, 0.25) is 0 Å². The fraction of sp³-hybridized carbons (Fsp3) is 0.389. The van der Waals surface area contributed by atoms with Crippen molar-refractivity contribution in [3.05, 3.63) is 100 Å². The van der Waals surface area contributed by atoms with Crippen LogP contribution in [0.1, 0.15) is 75.3 Å². The maximum Gasteiger partial charge on any atom is 0.410 e. The van der Waals surface area contributed by atoms with Crippen LogP contribution in [0.3, 0.4) is 0 Å². The van der Waals surface area contributed by atoms with Gasteiger partial charge in [-0.15, -0.1) is 0 Å². The lowest BCUT2D eigenvalue weighted by Crippen LogP contribution is -2.49. The monoisotopic (exact) mass is 598 g/mol. The third kappa shape index (κ3) is 8.41. The zero-order valence-corrected chi connectivity index (χ0v) is 26.8. The summed E-state index contributed by atoms with van der Waals surface area (Å²) in [5.41, 5.74) is 11.4. The third-order valence-electron chi connectivity index (χ3n) is 7.57. The second-order valence-electron chi connectivity index (χ2n) is 12.7. The number of phenolic OH excluding ortho intramolecular Hbond substituents is 1. The number of ether oxygens (including phenoxy) is 2. The van der Waals surface area contributed by atoms with Gasteiger partial charge in [-0.05, 0) is 61.9 Å². The van der Waals surface area contributed by atoms with E-state index in [1.54, 1.807) is 17.9 Å². The summed E-state index contributed by atoms with van der Waals surface area (Å²) in [7, 11) is 0. The van der Waals surface area contributed by atoms with E-state index >= 15 is 0 Å². The Hall–Kier alpha value is -4.30. The molecule has 0 atom stereocenters. The van der Waals surface area contributed by atoms with E-state index < -0.39 is 5.60 Å². The topological polar surface area (TPSA) is 112 Å². The molecule has 8 heteroatoms. The number of amides is 1. The summed E-state index contributed by atoms with van der Waals surface area (Å²) < 4.78 is 11.6. The van der Waals surface area contributed by atoms with Gasteiger partial charge in [0.05, 0.1) is 5.71 Å². The van der Waals surface area contributed by atoms with Crippen LogP contribution in [0.4, 0.5) is 4.79 Å². The molecule has 0 aromatic heterocycles. The number of phenols is 1. The van der Waals surface area contributed by atoms with Crippen LogP contribution in [0.15, 0.2) is 72.4 Å². The van der Waals surface area contributed by atoms with Crippen LogP contribution in [0, 0.1) is 5.41 Å². The lowest BCUT2D eigenvalue weighted by Gasteiger charge is -2.35. The van der Waals surface area contributed by atoms with E-state index in [1.165, 1.54) is 0 Å². The van der Waals surface area contributed by atoms with Crippen molar-refractivity contribution in [1.82, 2.24) is 9.80 Å². The fourth-order valence-electron chi connectivity index (χ4n) is 5.25. The van der Waals surface area contributed by atoms with Crippen molar-refractivity contribution in [1.29, 1.82) is 5.41 Å². The zero-order valence-electron chi connectivity index (χ0n) is 26.8. The second kappa shape index (κ2) is 14.0. The Balaban J connectivity index is 1.46. The molecular weight excluding hydrogens is 552 g/mol. The van der Waals surface area contributed by atoms with Gasteiger partial charge in [0.15, 0.2) is 0 Å². The van der Waals surface area contributed by atoms with Crippen LogP contribution in [0.5, 0.6) is 11.5 Å². The van der Waals surface area contributed by atoms with Gasteiger partial charge >= 0.3 is 6.09 Å². The number of carbonyl (C=O) groups excluding carboxylic acids is 1. The zero-order chi connectivity index (χ0) is 32.0. The van der Waals surface area contributed by atoms with Gasteiger partial charge in [0, 0.05) is 55.6 Å². The maximum atomic E-state index is 12.4. The fourth-order valence-corrected chi connectivity index (χ4v) is 5.25. The van der Waals surface area contributed by atoms with Crippen molar-refractivity contribution in [2.45, 2.75) is 66.2 Å². The Bertz CT molecular complexity index is 1480. The molecule has 0 aliphatic carbocycles. The molecule has 4 rings (SSSR count). The van der Waals surface area contributed by atoms with Gasteiger partial charge in [-0.3, -0.25) is 10.3 Å². The van der Waals surface area contributed by atoms with E-state index in [9.17, 15) is 9.90 Å². The number of nitrogens with one attached hydrogen (secondary N) is 1. The molecule has 1 aliphatic heterocycles. The summed E-state index contributed by atoms with van der Waals surface area (Å²) in [6, 6.07) is 21.4. The van der Waals surface area contributed by atoms with E-state index in [0.29, 0.717) is 42.3 Å². The number of hydrogen-bond donors (Lipinski definition) is 3. The molecule has 1 aliphatic rings. The minimum atomic E-state index is -0.503. The predicted octanol–water partition coefficient (Wildman–Crippen LogP) is 6.91. The first-order valence-electron chi connectivity index (χ1n) is 15.2. The predicted molar refractivity (Wildman–Crippen MR) is 176 cm³/mol. The average molecular weight is 599 g/mol. The number of nitrogens with two attached hydrogens (primary N) is 1. The third-order valence-corrected chi connectivity index (χ3v) is 7.57. The molecular formula is C36H46N4O4. The minimum absolute atomic E-state index is 0.0247. The van der Waals surface area contributed by atoms with Gasteiger partial charge in [0.1, 0.15) is 23.7 Å². The molecule has 0 spiro atoms. The molecule has 0 saturated carbocycles. The summed E-state index contributed by atoms with van der Waals surface area (Å²) in [6.45, 7) is 15.5. The molecule has 3 aromatic carbocycles. The molecule has 1 amide bonds. The lowest BCUT2D eigenvalue weighted by atomic mass is 9.90. The average Bonchev–Trinajstić information content (AvgIpc) is 2.96. The van der Waals surface area contributed by atoms with E-state index in [-0.39, 0.29) is 23.5 Å². The van der Waals surface area contributed by atoms with Crippen molar-refractivity contribution in [3.8, 4) is 11.5 Å². The van der Waals surface area contributed by atoms with E-state index in [1.807, 2.05) is 81.4 Å². The molecule has 8 nitrogen and oxygen atoms in total. The van der Waals surface area contributed by atoms with Crippen molar-refractivity contribution in [2.75, 3.05) is 26.2 Å². The van der Waals surface area contributed by atoms with Crippen LogP contribution in [0.2, 0.25) is 0 Å². The van der Waals surface area contributed by atoms with E-state index in [0.717, 1.165) is 41.9 Å². The number of hydrogen-bond acceptors (Lipinski definition) is 7. The van der Waals surface area contributed by atoms with Crippen LogP contribution in [-0.4, -0.2) is 58.5 Å². The highest BCUT2D eigenvalue weighted by Gasteiger charge is 2.26. The standard InChI is InChI=1S/C36H46N4O4/c1-24(2)29-20-30(31(41)21-32(29)43-23-27-10-8-7-9-11-27)34(38)33(25(3)37)28-14-12-26(13-15-28)22-39-16-18-40(19-17-39)35(42)44-36(4,5)6/h7-15,20-21,24,38,41H,16-19,22-23,37H2,1-6H3/b33-25-,38-34?. The van der Waals surface area contributed by atoms with Crippen LogP contribution in [-0.2, 0) is 17.9 Å². The van der Waals surface area contributed by atoms with Crippen LogP contribution >= 0.6 is 0 Å². The highest BCUT2D eigenvalue weighted by atomic mass is 16.6. The minimum Gasteiger partial charge on any atom is -0.507 e. The number of benzene rings is 3. The largest absolute Gasteiger partial charge is 0.507 e. The highest BCUT2D eigenvalue weighted by molar-refractivity contribution is 6.31. The Labute approximate surface area is 261 Å². The van der Waals surface area contributed by atoms with Gasteiger partial charge in [-0.2, -0.15) is 0 Å². The van der Waals surface area contributed by atoms with Gasteiger partial charge in [-0.25, -0.2) is 4.79 Å². The molecule has 0 bridgehead atoms. The summed E-state index contributed by atoms with van der Waals surface area (Å²) in [5, 5.41) is 20.2. The summed E-state index contributed by atoms with van der Waals surface area (Å²) in [5.74, 6) is 0.692. The van der Waals surface area contributed by atoms with E-state index in [4.69, 9.17) is 20.6 Å². The van der Waals surface area contributed by atoms with E-state index in [2.05, 4.69) is 18.7 Å². The van der Waals surface area contributed by atoms with Gasteiger partial charge < -0.3 is 25.2 Å². The molecule has 234 valence electrons. The number of rotatable bonds is 9. The Morgan fingerprint density at radius 2 is 1.61 bits per heavy atom. The number of allylic oxidation sites excluding steroid dienone is 2. The summed E-state index contributed by atoms with van der Waals surface area (Å²) in [4.78, 5) is 16.5. The summed E-state index contributed by atoms with van der Waals surface area (Å²) in [6.07, 6.45) is -0.263. The molecule has 1 saturated heterocycles. The molecule has 44 heavy (non-hydrogen) atoms. The Morgan fingerprint density at radius 3 is 2.18 bits per heavy atom. The molecule has 0 radical (unpaired) electrons. The normalized spacial score (nSPS) is 14.8. The number of piperazine rings is 1. The van der Waals surface area contributed by atoms with Crippen molar-refractivity contribution in [3.63, 3.8) is 0 Å².